The Kier molecular flexibility index (Phi) is 7.38. The van der Waals surface area contributed by atoms with Crippen LogP contribution >= 0.6 is 0 Å². The first kappa shape index (κ1) is 31.8. The molecule has 0 aliphatic carbocycles. The van der Waals surface area contributed by atoms with Crippen LogP contribution in [-0.4, -0.2) is 24.5 Å². The van der Waals surface area contributed by atoms with E-state index in [9.17, 15) is 0 Å². The molecule has 6 heteroatoms. The number of hydrogen-bond acceptors (Lipinski definition) is 5. The lowest BCUT2D eigenvalue weighted by molar-refractivity contribution is 0.676. The van der Waals surface area contributed by atoms with Gasteiger partial charge in [-0.15, -0.1) is 0 Å². The number of furan rings is 1. The lowest BCUT2D eigenvalue weighted by Crippen LogP contribution is -2.00. The minimum Gasteiger partial charge on any atom is -0.453 e. The Balaban J connectivity index is 1.06. The van der Waals surface area contributed by atoms with Crippen LogP contribution in [-0.2, 0) is 0 Å². The van der Waals surface area contributed by atoms with E-state index in [1.807, 2.05) is 72.8 Å². The fourth-order valence-electron chi connectivity index (χ4n) is 7.78. The third-order valence-corrected chi connectivity index (χ3v) is 10.4. The maximum Gasteiger partial charge on any atom is 0.164 e. The van der Waals surface area contributed by atoms with Gasteiger partial charge in [0.2, 0.25) is 0 Å². The molecule has 4 aromatic heterocycles. The van der Waals surface area contributed by atoms with Gasteiger partial charge in [0.05, 0.1) is 22.1 Å². The summed E-state index contributed by atoms with van der Waals surface area (Å²) in [4.78, 5) is 20.1. The first-order valence-corrected chi connectivity index (χ1v) is 18.6. The van der Waals surface area contributed by atoms with Gasteiger partial charge in [0.25, 0.3) is 0 Å². The standard InChI is InChI=1S/C50H31N5O/c1-5-15-33(16-6-1)44-43-45-47(40-23-13-14-24-42(40)55(45)38-21-11-4-12-22-38)56-46(43)39-30-29-37(31-41(39)51-44)32-25-27-36(28-26-32)50-53-48(34-17-7-2-8-18-34)52-49(54-50)35-19-9-3-10-20-35/h1-31H. The smallest absolute Gasteiger partial charge is 0.164 e. The molecule has 56 heavy (non-hydrogen) atoms. The van der Waals surface area contributed by atoms with Crippen LogP contribution in [0.1, 0.15) is 0 Å². The summed E-state index contributed by atoms with van der Waals surface area (Å²) in [6.45, 7) is 0. The first-order valence-electron chi connectivity index (χ1n) is 18.6. The van der Waals surface area contributed by atoms with Crippen molar-refractivity contribution in [3.63, 3.8) is 0 Å². The van der Waals surface area contributed by atoms with Crippen molar-refractivity contribution in [2.24, 2.45) is 0 Å². The van der Waals surface area contributed by atoms with E-state index < -0.39 is 0 Å². The Morgan fingerprint density at radius 3 is 1.50 bits per heavy atom. The van der Waals surface area contributed by atoms with E-state index in [-0.39, 0.29) is 0 Å². The van der Waals surface area contributed by atoms with Gasteiger partial charge in [-0.25, -0.2) is 19.9 Å². The average Bonchev–Trinajstić information content (AvgIpc) is 3.82. The number of aromatic nitrogens is 5. The van der Waals surface area contributed by atoms with Crippen LogP contribution < -0.4 is 0 Å². The third-order valence-electron chi connectivity index (χ3n) is 10.4. The maximum atomic E-state index is 6.96. The van der Waals surface area contributed by atoms with Crippen molar-refractivity contribution < 1.29 is 4.42 Å². The molecule has 0 saturated heterocycles. The van der Waals surface area contributed by atoms with Gasteiger partial charge in [0.15, 0.2) is 23.1 Å². The molecule has 0 radical (unpaired) electrons. The second-order valence-corrected chi connectivity index (χ2v) is 13.8. The Morgan fingerprint density at radius 2 is 0.875 bits per heavy atom. The predicted molar refractivity (Wildman–Crippen MR) is 226 cm³/mol. The van der Waals surface area contributed by atoms with Crippen LogP contribution in [0.4, 0.5) is 0 Å². The van der Waals surface area contributed by atoms with E-state index >= 15 is 0 Å². The average molecular weight is 718 g/mol. The Labute approximate surface area is 322 Å². The molecular formula is C50H31N5O. The monoisotopic (exact) mass is 717 g/mol. The van der Waals surface area contributed by atoms with Crippen LogP contribution in [0, 0.1) is 0 Å². The Hall–Kier alpha value is -7.70. The molecule has 0 bridgehead atoms. The number of fused-ring (bicyclic) bond motifs is 7. The highest BCUT2D eigenvalue weighted by Crippen LogP contribution is 2.45. The highest BCUT2D eigenvalue weighted by atomic mass is 16.3. The zero-order chi connectivity index (χ0) is 37.0. The van der Waals surface area contributed by atoms with Gasteiger partial charge < -0.3 is 8.98 Å². The lowest BCUT2D eigenvalue weighted by atomic mass is 9.99. The molecule has 0 amide bonds. The number of para-hydroxylation sites is 2. The fraction of sp³-hybridized carbons (Fsp3) is 0. The molecular weight excluding hydrogens is 687 g/mol. The van der Waals surface area contributed by atoms with Crippen LogP contribution in [0.3, 0.4) is 0 Å². The summed E-state index contributed by atoms with van der Waals surface area (Å²) in [5, 5.41) is 3.03. The summed E-state index contributed by atoms with van der Waals surface area (Å²) >= 11 is 0. The minimum absolute atomic E-state index is 0.622. The summed E-state index contributed by atoms with van der Waals surface area (Å²) in [6.07, 6.45) is 0. The van der Waals surface area contributed by atoms with E-state index in [1.165, 1.54) is 0 Å². The molecule has 0 unspecified atom stereocenters. The normalized spacial score (nSPS) is 11.6. The molecule has 0 aliphatic rings. The Morgan fingerprint density at radius 1 is 0.375 bits per heavy atom. The number of nitrogens with zero attached hydrogens (tertiary/aromatic N) is 5. The van der Waals surface area contributed by atoms with Crippen LogP contribution in [0.2, 0.25) is 0 Å². The van der Waals surface area contributed by atoms with Crippen LogP contribution in [0.15, 0.2) is 192 Å². The quantitative estimate of drug-likeness (QED) is 0.171. The molecule has 0 atom stereocenters. The molecule has 11 rings (SSSR count). The second kappa shape index (κ2) is 13.0. The van der Waals surface area contributed by atoms with Crippen molar-refractivity contribution in [3.05, 3.63) is 188 Å². The van der Waals surface area contributed by atoms with E-state index in [0.717, 1.165) is 88.6 Å². The lowest BCUT2D eigenvalue weighted by Gasteiger charge is -2.11. The number of pyridine rings is 1. The van der Waals surface area contributed by atoms with Gasteiger partial charge >= 0.3 is 0 Å². The third kappa shape index (κ3) is 5.27. The fourth-order valence-corrected chi connectivity index (χ4v) is 7.78. The molecule has 0 saturated carbocycles. The van der Waals surface area contributed by atoms with Gasteiger partial charge in [0.1, 0.15) is 11.1 Å². The summed E-state index contributed by atoms with van der Waals surface area (Å²) in [5.41, 5.74) is 12.6. The molecule has 0 spiro atoms. The van der Waals surface area contributed by atoms with Crippen molar-refractivity contribution in [1.29, 1.82) is 0 Å². The summed E-state index contributed by atoms with van der Waals surface area (Å²) < 4.78 is 9.27. The molecule has 4 heterocycles. The summed E-state index contributed by atoms with van der Waals surface area (Å²) in [5.74, 6) is 1.90. The number of rotatable bonds is 6. The van der Waals surface area contributed by atoms with Crippen LogP contribution in [0.25, 0.3) is 106 Å². The summed E-state index contributed by atoms with van der Waals surface area (Å²) in [7, 11) is 0. The number of benzene rings is 7. The number of hydrogen-bond donors (Lipinski definition) is 0. The molecule has 0 fully saturated rings. The molecule has 0 N–H and O–H groups in total. The van der Waals surface area contributed by atoms with Gasteiger partial charge in [-0.1, -0.05) is 152 Å². The van der Waals surface area contributed by atoms with E-state index in [1.54, 1.807) is 0 Å². The first-order chi connectivity index (χ1) is 27.8. The highest BCUT2D eigenvalue weighted by molar-refractivity contribution is 6.24. The van der Waals surface area contributed by atoms with E-state index in [4.69, 9.17) is 24.4 Å². The van der Waals surface area contributed by atoms with E-state index in [0.29, 0.717) is 17.5 Å². The topological polar surface area (TPSA) is 69.6 Å². The van der Waals surface area contributed by atoms with Crippen molar-refractivity contribution in [1.82, 2.24) is 24.5 Å². The van der Waals surface area contributed by atoms with Gasteiger partial charge in [-0.3, -0.25) is 0 Å². The summed E-state index contributed by atoms with van der Waals surface area (Å²) in [6, 6.07) is 64.3. The van der Waals surface area contributed by atoms with Crippen molar-refractivity contribution in [3.8, 4) is 62.2 Å². The van der Waals surface area contributed by atoms with Crippen LogP contribution in [0.5, 0.6) is 0 Å². The van der Waals surface area contributed by atoms with Crippen molar-refractivity contribution in [2.75, 3.05) is 0 Å². The molecule has 6 nitrogen and oxygen atoms in total. The zero-order valence-corrected chi connectivity index (χ0v) is 30.0. The molecule has 7 aromatic carbocycles. The molecule has 262 valence electrons. The predicted octanol–water partition coefficient (Wildman–Crippen LogP) is 12.6. The van der Waals surface area contributed by atoms with E-state index in [2.05, 4.69) is 120 Å². The van der Waals surface area contributed by atoms with Gasteiger partial charge in [-0.2, -0.15) is 0 Å². The maximum absolute atomic E-state index is 6.96. The largest absolute Gasteiger partial charge is 0.453 e. The minimum atomic E-state index is 0.622. The molecule has 0 aliphatic heterocycles. The van der Waals surface area contributed by atoms with Gasteiger partial charge in [-0.05, 0) is 47.5 Å². The highest BCUT2D eigenvalue weighted by Gasteiger charge is 2.25. The Bertz CT molecular complexity index is 3150. The van der Waals surface area contributed by atoms with Crippen molar-refractivity contribution >= 4 is 43.9 Å². The van der Waals surface area contributed by atoms with Crippen molar-refractivity contribution in [2.45, 2.75) is 0 Å². The SMILES string of the molecule is c1ccc(-c2nc(-c3ccccc3)nc(-c3ccc(-c4ccc5c(c4)nc(-c4ccccc4)c4c5oc5c6ccccc6n(-c6ccccc6)c54)cc3)n2)cc1. The molecule has 11 aromatic rings. The zero-order valence-electron chi connectivity index (χ0n) is 30.0. The second-order valence-electron chi connectivity index (χ2n) is 13.8. The van der Waals surface area contributed by atoms with Gasteiger partial charge in [0, 0.05) is 38.7 Å².